The van der Waals surface area contributed by atoms with E-state index in [1.807, 2.05) is 29.8 Å². The SMILES string of the molecule is O=C(NCCNCC1C=CC=CC1)c1ccsc1Nc1ccnc2[nH]ccc12. The highest BCUT2D eigenvalue weighted by Gasteiger charge is 2.14. The van der Waals surface area contributed by atoms with Crippen LogP contribution < -0.4 is 16.0 Å². The topological polar surface area (TPSA) is 81.8 Å². The number of hydrogen-bond donors (Lipinski definition) is 4. The summed E-state index contributed by atoms with van der Waals surface area (Å²) >= 11 is 1.51. The zero-order chi connectivity index (χ0) is 19.2. The first-order valence-electron chi connectivity index (χ1n) is 9.40. The molecular weight excluding hydrogens is 370 g/mol. The van der Waals surface area contributed by atoms with Crippen LogP contribution in [0.5, 0.6) is 0 Å². The Morgan fingerprint density at radius 2 is 2.21 bits per heavy atom. The third kappa shape index (κ3) is 4.32. The molecule has 0 spiro atoms. The fourth-order valence-electron chi connectivity index (χ4n) is 3.21. The Morgan fingerprint density at radius 3 is 3.11 bits per heavy atom. The van der Waals surface area contributed by atoms with Crippen LogP contribution in [0.25, 0.3) is 11.0 Å². The van der Waals surface area contributed by atoms with E-state index in [0.29, 0.717) is 18.0 Å². The lowest BCUT2D eigenvalue weighted by molar-refractivity contribution is 0.0955. The molecule has 1 aliphatic rings. The highest BCUT2D eigenvalue weighted by atomic mass is 32.1. The van der Waals surface area contributed by atoms with Gasteiger partial charge in [-0.25, -0.2) is 4.98 Å². The number of carbonyl (C=O) groups is 1. The normalized spacial score (nSPS) is 15.8. The van der Waals surface area contributed by atoms with Crippen LogP contribution in [-0.4, -0.2) is 35.5 Å². The van der Waals surface area contributed by atoms with Gasteiger partial charge in [0, 0.05) is 37.4 Å². The highest BCUT2D eigenvalue weighted by molar-refractivity contribution is 7.14. The van der Waals surface area contributed by atoms with Gasteiger partial charge in [0.15, 0.2) is 0 Å². The summed E-state index contributed by atoms with van der Waals surface area (Å²) < 4.78 is 0. The number of carbonyl (C=O) groups excluding carboxylic acids is 1. The molecule has 3 aromatic heterocycles. The first-order chi connectivity index (χ1) is 13.8. The molecule has 1 aliphatic carbocycles. The van der Waals surface area contributed by atoms with E-state index in [-0.39, 0.29) is 5.91 Å². The molecule has 0 aliphatic heterocycles. The van der Waals surface area contributed by atoms with Crippen molar-refractivity contribution in [2.24, 2.45) is 5.92 Å². The van der Waals surface area contributed by atoms with Crippen LogP contribution in [0.1, 0.15) is 16.8 Å². The number of aromatic amines is 1. The van der Waals surface area contributed by atoms with Gasteiger partial charge in [-0.05, 0) is 35.9 Å². The summed E-state index contributed by atoms with van der Waals surface area (Å²) in [5.74, 6) is 0.476. The minimum atomic E-state index is -0.0644. The van der Waals surface area contributed by atoms with E-state index in [1.165, 1.54) is 11.3 Å². The van der Waals surface area contributed by atoms with E-state index >= 15 is 0 Å². The van der Waals surface area contributed by atoms with Crippen LogP contribution in [0, 0.1) is 5.92 Å². The molecule has 0 saturated heterocycles. The number of pyridine rings is 1. The van der Waals surface area contributed by atoms with E-state index in [9.17, 15) is 4.79 Å². The van der Waals surface area contributed by atoms with Crippen molar-refractivity contribution in [1.82, 2.24) is 20.6 Å². The van der Waals surface area contributed by atoms with Crippen LogP contribution in [0.2, 0.25) is 0 Å². The Morgan fingerprint density at radius 1 is 1.25 bits per heavy atom. The summed E-state index contributed by atoms with van der Waals surface area (Å²) in [6, 6.07) is 5.74. The molecule has 3 heterocycles. The molecule has 0 radical (unpaired) electrons. The maximum atomic E-state index is 12.6. The third-order valence-corrected chi connectivity index (χ3v) is 5.51. The predicted molar refractivity (Wildman–Crippen MR) is 115 cm³/mol. The molecule has 144 valence electrons. The summed E-state index contributed by atoms with van der Waals surface area (Å²) in [6.45, 7) is 2.27. The van der Waals surface area contributed by atoms with Gasteiger partial charge in [0.2, 0.25) is 0 Å². The van der Waals surface area contributed by atoms with Crippen LogP contribution >= 0.6 is 11.3 Å². The van der Waals surface area contributed by atoms with Crippen LogP contribution in [-0.2, 0) is 0 Å². The smallest absolute Gasteiger partial charge is 0.254 e. The highest BCUT2D eigenvalue weighted by Crippen LogP contribution is 2.30. The minimum Gasteiger partial charge on any atom is -0.351 e. The first-order valence-corrected chi connectivity index (χ1v) is 10.3. The van der Waals surface area contributed by atoms with Crippen molar-refractivity contribution < 1.29 is 4.79 Å². The van der Waals surface area contributed by atoms with Crippen molar-refractivity contribution in [3.8, 4) is 0 Å². The zero-order valence-corrected chi connectivity index (χ0v) is 16.3. The number of anilines is 2. The molecule has 0 fully saturated rings. The monoisotopic (exact) mass is 393 g/mol. The van der Waals surface area contributed by atoms with Gasteiger partial charge in [-0.3, -0.25) is 4.79 Å². The summed E-state index contributed by atoms with van der Waals surface area (Å²) in [4.78, 5) is 20.0. The Labute approximate surface area is 167 Å². The average molecular weight is 394 g/mol. The summed E-state index contributed by atoms with van der Waals surface area (Å²) in [5, 5.41) is 13.5. The number of nitrogens with one attached hydrogen (secondary N) is 4. The standard InChI is InChI=1S/C21H23N5OS/c27-20(25-12-11-22-14-15-4-2-1-3-5-15)17-8-13-28-21(17)26-18-7-10-24-19-16(18)6-9-23-19/h1-4,6-10,13,15,22H,5,11-12,14H2,(H,25,27)(H2,23,24,26). The number of thiophene rings is 1. The first kappa shape index (κ1) is 18.5. The number of H-pyrrole nitrogens is 1. The molecule has 1 atom stereocenters. The van der Waals surface area contributed by atoms with Crippen molar-refractivity contribution in [2.45, 2.75) is 6.42 Å². The maximum absolute atomic E-state index is 12.6. The molecule has 0 bridgehead atoms. The van der Waals surface area contributed by atoms with E-state index in [1.54, 1.807) is 6.20 Å². The Hall–Kier alpha value is -2.90. The van der Waals surface area contributed by atoms with Crippen molar-refractivity contribution in [3.63, 3.8) is 0 Å². The fraction of sp³-hybridized carbons (Fsp3) is 0.238. The summed E-state index contributed by atoms with van der Waals surface area (Å²) in [5.41, 5.74) is 2.41. The predicted octanol–water partition coefficient (Wildman–Crippen LogP) is 3.82. The van der Waals surface area contributed by atoms with Gasteiger partial charge in [0.05, 0.1) is 11.3 Å². The number of aromatic nitrogens is 2. The molecule has 28 heavy (non-hydrogen) atoms. The van der Waals surface area contributed by atoms with Gasteiger partial charge in [-0.2, -0.15) is 0 Å². The molecule has 4 N–H and O–H groups in total. The van der Waals surface area contributed by atoms with Gasteiger partial charge in [-0.1, -0.05) is 24.3 Å². The fourth-order valence-corrected chi connectivity index (χ4v) is 4.00. The maximum Gasteiger partial charge on any atom is 0.254 e. The molecule has 3 aromatic rings. The summed E-state index contributed by atoms with van der Waals surface area (Å²) in [7, 11) is 0. The lowest BCUT2D eigenvalue weighted by atomic mass is 10.0. The van der Waals surface area contributed by atoms with Crippen molar-refractivity contribution in [2.75, 3.05) is 25.0 Å². The minimum absolute atomic E-state index is 0.0644. The van der Waals surface area contributed by atoms with Crippen molar-refractivity contribution >= 4 is 39.0 Å². The van der Waals surface area contributed by atoms with Gasteiger partial charge in [0.1, 0.15) is 10.6 Å². The second-order valence-corrected chi connectivity index (χ2v) is 7.57. The van der Waals surface area contributed by atoms with E-state index in [2.05, 4.69) is 50.2 Å². The molecule has 0 saturated carbocycles. The number of allylic oxidation sites excluding steroid dienone is 3. The summed E-state index contributed by atoms with van der Waals surface area (Å²) in [6.07, 6.45) is 13.2. The second kappa shape index (κ2) is 8.86. The molecule has 6 nitrogen and oxygen atoms in total. The quantitative estimate of drug-likeness (QED) is 0.439. The zero-order valence-electron chi connectivity index (χ0n) is 15.4. The number of fused-ring (bicyclic) bond motifs is 1. The third-order valence-electron chi connectivity index (χ3n) is 4.68. The van der Waals surface area contributed by atoms with E-state index in [0.717, 1.165) is 41.2 Å². The lowest BCUT2D eigenvalue weighted by Crippen LogP contribution is -2.33. The van der Waals surface area contributed by atoms with Gasteiger partial charge in [-0.15, -0.1) is 11.3 Å². The van der Waals surface area contributed by atoms with Crippen molar-refractivity contribution in [1.29, 1.82) is 0 Å². The Kier molecular flexibility index (Phi) is 5.84. The molecule has 1 amide bonds. The number of rotatable bonds is 8. The van der Waals surface area contributed by atoms with Crippen LogP contribution in [0.3, 0.4) is 0 Å². The second-order valence-electron chi connectivity index (χ2n) is 6.66. The lowest BCUT2D eigenvalue weighted by Gasteiger charge is -2.14. The Balaban J connectivity index is 1.29. The largest absolute Gasteiger partial charge is 0.351 e. The average Bonchev–Trinajstić information content (AvgIpc) is 3.38. The van der Waals surface area contributed by atoms with E-state index in [4.69, 9.17) is 0 Å². The number of hydrogen-bond acceptors (Lipinski definition) is 5. The molecule has 4 rings (SSSR count). The van der Waals surface area contributed by atoms with Crippen LogP contribution in [0.15, 0.2) is 60.3 Å². The van der Waals surface area contributed by atoms with Crippen molar-refractivity contribution in [3.05, 3.63) is 65.8 Å². The van der Waals surface area contributed by atoms with Gasteiger partial charge < -0.3 is 20.9 Å². The van der Waals surface area contributed by atoms with E-state index < -0.39 is 0 Å². The van der Waals surface area contributed by atoms with Gasteiger partial charge in [0.25, 0.3) is 5.91 Å². The molecular formula is C21H23N5OS. The number of amides is 1. The molecule has 0 aromatic carbocycles. The number of nitrogens with zero attached hydrogens (tertiary/aromatic N) is 1. The molecule has 7 heteroatoms. The molecule has 1 unspecified atom stereocenters. The van der Waals surface area contributed by atoms with Crippen LogP contribution in [0.4, 0.5) is 10.7 Å². The Bertz CT molecular complexity index is 1000. The van der Waals surface area contributed by atoms with Gasteiger partial charge >= 0.3 is 0 Å².